The third-order valence-electron chi connectivity index (χ3n) is 3.39. The molecule has 0 amide bonds. The predicted octanol–water partition coefficient (Wildman–Crippen LogP) is 2.90. The molecular weight excluding hydrogens is 242 g/mol. The van der Waals surface area contributed by atoms with E-state index in [0.717, 1.165) is 24.1 Å². The molecule has 2 N–H and O–H groups in total. The number of carboxylic acid groups (broad SMARTS) is 1. The highest BCUT2D eigenvalue weighted by Gasteiger charge is 2.21. The van der Waals surface area contributed by atoms with Gasteiger partial charge in [0.1, 0.15) is 5.56 Å². The summed E-state index contributed by atoms with van der Waals surface area (Å²) in [5.74, 6) is -0.537. The van der Waals surface area contributed by atoms with E-state index in [0.29, 0.717) is 18.7 Å². The Hall–Kier alpha value is -1.65. The fourth-order valence-electron chi connectivity index (χ4n) is 2.19. The van der Waals surface area contributed by atoms with E-state index < -0.39 is 5.97 Å². The molecule has 0 unspecified atom stereocenters. The van der Waals surface area contributed by atoms with Gasteiger partial charge >= 0.3 is 5.97 Å². The van der Waals surface area contributed by atoms with E-state index in [9.17, 15) is 9.90 Å². The van der Waals surface area contributed by atoms with Crippen LogP contribution in [0.25, 0.3) is 0 Å². The number of aromatic nitrogens is 2. The zero-order chi connectivity index (χ0) is 14.4. The maximum Gasteiger partial charge on any atom is 0.339 e. The van der Waals surface area contributed by atoms with Crippen LogP contribution in [0.4, 0.5) is 5.82 Å². The topological polar surface area (TPSA) is 75.1 Å². The molecule has 19 heavy (non-hydrogen) atoms. The second-order valence-corrected chi connectivity index (χ2v) is 4.52. The largest absolute Gasteiger partial charge is 0.478 e. The molecule has 5 nitrogen and oxygen atoms in total. The van der Waals surface area contributed by atoms with Crippen molar-refractivity contribution in [3.8, 4) is 0 Å². The van der Waals surface area contributed by atoms with Crippen molar-refractivity contribution in [3.63, 3.8) is 0 Å². The molecule has 0 aliphatic heterocycles. The Morgan fingerprint density at radius 3 is 2.21 bits per heavy atom. The Balaban J connectivity index is 3.28. The summed E-state index contributed by atoms with van der Waals surface area (Å²) in [4.78, 5) is 11.5. The summed E-state index contributed by atoms with van der Waals surface area (Å²) in [5, 5.41) is 20.9. The van der Waals surface area contributed by atoms with Crippen LogP contribution in [-0.4, -0.2) is 27.3 Å². The van der Waals surface area contributed by atoms with Crippen LogP contribution >= 0.6 is 0 Å². The van der Waals surface area contributed by atoms with Gasteiger partial charge in [-0.15, -0.1) is 5.10 Å². The van der Waals surface area contributed by atoms with Gasteiger partial charge < -0.3 is 10.4 Å². The molecule has 0 fully saturated rings. The first-order valence-electron chi connectivity index (χ1n) is 6.97. The van der Waals surface area contributed by atoms with Crippen molar-refractivity contribution in [3.05, 3.63) is 16.8 Å². The van der Waals surface area contributed by atoms with Gasteiger partial charge in [-0.05, 0) is 31.2 Å². The lowest BCUT2D eigenvalue weighted by atomic mass is 10.0. The van der Waals surface area contributed by atoms with E-state index in [4.69, 9.17) is 0 Å². The van der Waals surface area contributed by atoms with Crippen molar-refractivity contribution in [2.24, 2.45) is 0 Å². The summed E-state index contributed by atoms with van der Waals surface area (Å²) >= 11 is 0. The van der Waals surface area contributed by atoms with Crippen LogP contribution in [0.1, 0.15) is 62.2 Å². The quantitative estimate of drug-likeness (QED) is 0.792. The van der Waals surface area contributed by atoms with E-state index in [1.807, 2.05) is 13.8 Å². The summed E-state index contributed by atoms with van der Waals surface area (Å²) in [6.07, 6.45) is 3.20. The molecule has 0 radical (unpaired) electrons. The first-order valence-corrected chi connectivity index (χ1v) is 6.97. The van der Waals surface area contributed by atoms with Gasteiger partial charge in [-0.1, -0.05) is 27.7 Å². The van der Waals surface area contributed by atoms with E-state index >= 15 is 0 Å². The third-order valence-corrected chi connectivity index (χ3v) is 3.39. The lowest BCUT2D eigenvalue weighted by Crippen LogP contribution is -2.22. The Morgan fingerprint density at radius 1 is 1.16 bits per heavy atom. The van der Waals surface area contributed by atoms with Crippen LogP contribution in [-0.2, 0) is 12.8 Å². The molecule has 1 aromatic rings. The smallest absolute Gasteiger partial charge is 0.339 e. The zero-order valence-corrected chi connectivity index (χ0v) is 12.2. The van der Waals surface area contributed by atoms with Crippen molar-refractivity contribution in [1.29, 1.82) is 0 Å². The van der Waals surface area contributed by atoms with Crippen molar-refractivity contribution in [2.75, 3.05) is 5.32 Å². The van der Waals surface area contributed by atoms with Gasteiger partial charge in [0.2, 0.25) is 0 Å². The number of carbonyl (C=O) groups is 1. The fraction of sp³-hybridized carbons (Fsp3) is 0.643. The Bertz CT molecular complexity index is 443. The number of aryl methyl sites for hydroxylation is 1. The van der Waals surface area contributed by atoms with Crippen LogP contribution in [0.3, 0.4) is 0 Å². The molecule has 0 spiro atoms. The summed E-state index contributed by atoms with van der Waals surface area (Å²) < 4.78 is 0. The van der Waals surface area contributed by atoms with Crippen molar-refractivity contribution in [1.82, 2.24) is 10.2 Å². The maximum atomic E-state index is 11.5. The molecule has 0 aliphatic carbocycles. The number of rotatable bonds is 7. The van der Waals surface area contributed by atoms with E-state index in [-0.39, 0.29) is 11.6 Å². The van der Waals surface area contributed by atoms with Crippen molar-refractivity contribution < 1.29 is 9.90 Å². The Kier molecular flexibility index (Phi) is 5.73. The Morgan fingerprint density at radius 2 is 1.79 bits per heavy atom. The molecule has 106 valence electrons. The number of carboxylic acids is 1. The summed E-state index contributed by atoms with van der Waals surface area (Å²) in [6.45, 7) is 8.04. The minimum absolute atomic E-state index is 0.226. The van der Waals surface area contributed by atoms with E-state index in [1.54, 1.807) is 0 Å². The lowest BCUT2D eigenvalue weighted by molar-refractivity contribution is 0.0696. The van der Waals surface area contributed by atoms with Crippen LogP contribution < -0.4 is 5.32 Å². The van der Waals surface area contributed by atoms with Crippen LogP contribution in [0.15, 0.2) is 0 Å². The number of aromatic carboxylic acids is 1. The number of hydrogen-bond donors (Lipinski definition) is 2. The zero-order valence-electron chi connectivity index (χ0n) is 12.2. The second kappa shape index (κ2) is 7.07. The molecular formula is C14H23N3O2. The third kappa shape index (κ3) is 3.43. The molecule has 5 heteroatoms. The average molecular weight is 265 g/mol. The summed E-state index contributed by atoms with van der Waals surface area (Å²) in [5.41, 5.74) is 1.84. The minimum Gasteiger partial charge on any atom is -0.478 e. The van der Waals surface area contributed by atoms with Gasteiger partial charge in [0, 0.05) is 6.04 Å². The second-order valence-electron chi connectivity index (χ2n) is 4.52. The Labute approximate surface area is 114 Å². The number of anilines is 1. The van der Waals surface area contributed by atoms with Crippen LogP contribution in [0.2, 0.25) is 0 Å². The minimum atomic E-state index is -0.935. The number of nitrogens with zero attached hydrogens (tertiary/aromatic N) is 2. The van der Waals surface area contributed by atoms with E-state index in [1.165, 1.54) is 0 Å². The highest BCUT2D eigenvalue weighted by atomic mass is 16.4. The van der Waals surface area contributed by atoms with Gasteiger partial charge in [0.15, 0.2) is 5.82 Å². The molecule has 1 rings (SSSR count). The van der Waals surface area contributed by atoms with E-state index in [2.05, 4.69) is 29.4 Å². The van der Waals surface area contributed by atoms with Crippen LogP contribution in [0.5, 0.6) is 0 Å². The molecule has 0 saturated heterocycles. The standard InChI is InChI=1S/C14H23N3O2/c1-5-9(6-2)15-13-12(14(18)19)10(7-3)11(8-4)16-17-13/h9H,5-8H2,1-4H3,(H,15,17)(H,18,19). The number of hydrogen-bond acceptors (Lipinski definition) is 4. The molecule has 0 aliphatic rings. The summed E-state index contributed by atoms with van der Waals surface area (Å²) in [7, 11) is 0. The highest BCUT2D eigenvalue weighted by Crippen LogP contribution is 2.22. The number of nitrogens with one attached hydrogen (secondary N) is 1. The SMILES string of the molecule is CCc1nnc(NC(CC)CC)c(C(=O)O)c1CC. The average Bonchev–Trinajstić information content (AvgIpc) is 2.43. The van der Waals surface area contributed by atoms with Gasteiger partial charge in [0.25, 0.3) is 0 Å². The molecule has 0 aromatic carbocycles. The monoisotopic (exact) mass is 265 g/mol. The normalized spacial score (nSPS) is 10.8. The fourth-order valence-corrected chi connectivity index (χ4v) is 2.19. The molecule has 1 aromatic heterocycles. The van der Waals surface area contributed by atoms with Gasteiger partial charge in [0.05, 0.1) is 5.69 Å². The van der Waals surface area contributed by atoms with Crippen LogP contribution in [0, 0.1) is 0 Å². The molecule has 0 atom stereocenters. The summed E-state index contributed by atoms with van der Waals surface area (Å²) in [6, 6.07) is 0.226. The first-order chi connectivity index (χ1) is 9.08. The highest BCUT2D eigenvalue weighted by molar-refractivity contribution is 5.95. The van der Waals surface area contributed by atoms with Crippen molar-refractivity contribution >= 4 is 11.8 Å². The van der Waals surface area contributed by atoms with Crippen molar-refractivity contribution in [2.45, 2.75) is 59.4 Å². The van der Waals surface area contributed by atoms with Gasteiger partial charge in [-0.2, -0.15) is 5.10 Å². The molecule has 1 heterocycles. The predicted molar refractivity (Wildman–Crippen MR) is 75.7 cm³/mol. The maximum absolute atomic E-state index is 11.5. The molecule has 0 saturated carbocycles. The molecule has 0 bridgehead atoms. The van der Waals surface area contributed by atoms with Gasteiger partial charge in [-0.25, -0.2) is 4.79 Å². The first kappa shape index (κ1) is 15.4. The lowest BCUT2D eigenvalue weighted by Gasteiger charge is -2.18. The van der Waals surface area contributed by atoms with Gasteiger partial charge in [-0.3, -0.25) is 0 Å².